The lowest BCUT2D eigenvalue weighted by atomic mass is 10.2. The Morgan fingerprint density at radius 1 is 1.17 bits per heavy atom. The van der Waals surface area contributed by atoms with E-state index >= 15 is 0 Å². The van der Waals surface area contributed by atoms with Gasteiger partial charge in [-0.1, -0.05) is 18.2 Å². The molecule has 23 heavy (non-hydrogen) atoms. The van der Waals surface area contributed by atoms with Crippen LogP contribution in [0.1, 0.15) is 18.9 Å². The van der Waals surface area contributed by atoms with Crippen molar-refractivity contribution in [2.75, 3.05) is 30.4 Å². The van der Waals surface area contributed by atoms with Crippen LogP contribution in [0.2, 0.25) is 0 Å². The highest BCUT2D eigenvalue weighted by Crippen LogP contribution is 2.18. The topological polar surface area (TPSA) is 41.6 Å². The third kappa shape index (κ3) is 5.02. The number of aryl methyl sites for hydroxylation is 1. The van der Waals surface area contributed by atoms with Gasteiger partial charge in [0, 0.05) is 37.0 Å². The number of hydrogen-bond donors (Lipinski definition) is 1. The van der Waals surface area contributed by atoms with E-state index in [1.165, 1.54) is 5.56 Å². The molecule has 4 heteroatoms. The van der Waals surface area contributed by atoms with Crippen molar-refractivity contribution in [1.29, 1.82) is 0 Å². The summed E-state index contributed by atoms with van der Waals surface area (Å²) in [6.07, 6.45) is 0.443. The molecular formula is C19H24N2O2. The predicted octanol–water partition coefficient (Wildman–Crippen LogP) is 3.86. The van der Waals surface area contributed by atoms with Crippen molar-refractivity contribution < 1.29 is 9.53 Å². The Bertz CT molecular complexity index is 655. The Kier molecular flexibility index (Phi) is 6.03. The van der Waals surface area contributed by atoms with E-state index in [2.05, 4.69) is 42.3 Å². The van der Waals surface area contributed by atoms with Gasteiger partial charge in [-0.3, -0.25) is 4.79 Å². The Balaban J connectivity index is 1.92. The summed E-state index contributed by atoms with van der Waals surface area (Å²) in [6, 6.07) is 15.7. The Morgan fingerprint density at radius 3 is 2.65 bits per heavy atom. The average molecular weight is 312 g/mol. The molecule has 0 aliphatic rings. The van der Waals surface area contributed by atoms with Crippen molar-refractivity contribution in [2.24, 2.45) is 0 Å². The molecule has 0 spiro atoms. The SMILES string of the molecule is CCN(CCC(=O)Nc1cccc(OC)c1)c1cccc(C)c1. The van der Waals surface area contributed by atoms with E-state index in [4.69, 9.17) is 4.74 Å². The lowest BCUT2D eigenvalue weighted by Gasteiger charge is -2.23. The van der Waals surface area contributed by atoms with Crippen LogP contribution in [0, 0.1) is 6.92 Å². The van der Waals surface area contributed by atoms with Crippen molar-refractivity contribution in [2.45, 2.75) is 20.3 Å². The van der Waals surface area contributed by atoms with Gasteiger partial charge in [0.2, 0.25) is 5.91 Å². The second kappa shape index (κ2) is 8.22. The summed E-state index contributed by atoms with van der Waals surface area (Å²) in [6.45, 7) is 5.74. The lowest BCUT2D eigenvalue weighted by Crippen LogP contribution is -2.27. The number of methoxy groups -OCH3 is 1. The summed E-state index contributed by atoms with van der Waals surface area (Å²) < 4.78 is 5.16. The number of carbonyl (C=O) groups excluding carboxylic acids is 1. The number of benzene rings is 2. The number of hydrogen-bond acceptors (Lipinski definition) is 3. The molecule has 0 aromatic heterocycles. The summed E-state index contributed by atoms with van der Waals surface area (Å²) in [5, 5.41) is 2.91. The average Bonchev–Trinajstić information content (AvgIpc) is 2.55. The summed E-state index contributed by atoms with van der Waals surface area (Å²) >= 11 is 0. The molecule has 1 amide bonds. The van der Waals surface area contributed by atoms with Crippen LogP contribution in [0.5, 0.6) is 5.75 Å². The minimum absolute atomic E-state index is 0.00403. The predicted molar refractivity (Wildman–Crippen MR) is 95.3 cm³/mol. The maximum absolute atomic E-state index is 12.2. The van der Waals surface area contributed by atoms with Crippen molar-refractivity contribution in [3.05, 3.63) is 54.1 Å². The van der Waals surface area contributed by atoms with Gasteiger partial charge in [-0.05, 0) is 43.7 Å². The highest BCUT2D eigenvalue weighted by molar-refractivity contribution is 5.91. The fourth-order valence-corrected chi connectivity index (χ4v) is 2.46. The van der Waals surface area contributed by atoms with Crippen molar-refractivity contribution in [3.63, 3.8) is 0 Å². The van der Waals surface area contributed by atoms with Gasteiger partial charge in [-0.15, -0.1) is 0 Å². The summed E-state index contributed by atoms with van der Waals surface area (Å²) in [4.78, 5) is 14.4. The van der Waals surface area contributed by atoms with E-state index in [9.17, 15) is 4.79 Å². The van der Waals surface area contributed by atoms with Gasteiger partial charge in [0.15, 0.2) is 0 Å². The molecule has 0 saturated carbocycles. The molecule has 2 aromatic rings. The molecule has 0 bridgehead atoms. The van der Waals surface area contributed by atoms with Gasteiger partial charge in [-0.2, -0.15) is 0 Å². The molecule has 1 N–H and O–H groups in total. The van der Waals surface area contributed by atoms with E-state index in [-0.39, 0.29) is 5.91 Å². The third-order valence-corrected chi connectivity index (χ3v) is 3.71. The Morgan fingerprint density at radius 2 is 1.96 bits per heavy atom. The number of anilines is 2. The van der Waals surface area contributed by atoms with Crippen LogP contribution >= 0.6 is 0 Å². The summed E-state index contributed by atoms with van der Waals surface area (Å²) in [5.74, 6) is 0.738. The van der Waals surface area contributed by atoms with E-state index in [1.807, 2.05) is 30.3 Å². The van der Waals surface area contributed by atoms with Crippen molar-refractivity contribution in [3.8, 4) is 5.75 Å². The smallest absolute Gasteiger partial charge is 0.226 e. The first-order chi connectivity index (χ1) is 11.1. The van der Waals surface area contributed by atoms with Gasteiger partial charge >= 0.3 is 0 Å². The highest BCUT2D eigenvalue weighted by atomic mass is 16.5. The number of nitrogens with one attached hydrogen (secondary N) is 1. The second-order valence-corrected chi connectivity index (χ2v) is 5.45. The molecule has 0 heterocycles. The molecule has 0 atom stereocenters. The van der Waals surface area contributed by atoms with Crippen LogP contribution in [0.25, 0.3) is 0 Å². The van der Waals surface area contributed by atoms with Gasteiger partial charge in [0.05, 0.1) is 7.11 Å². The highest BCUT2D eigenvalue weighted by Gasteiger charge is 2.08. The number of ether oxygens (including phenoxy) is 1. The Hall–Kier alpha value is -2.49. The second-order valence-electron chi connectivity index (χ2n) is 5.45. The minimum atomic E-state index is 0.00403. The first-order valence-electron chi connectivity index (χ1n) is 7.88. The fourth-order valence-electron chi connectivity index (χ4n) is 2.46. The fraction of sp³-hybridized carbons (Fsp3) is 0.316. The zero-order chi connectivity index (χ0) is 16.7. The molecule has 122 valence electrons. The van der Waals surface area contributed by atoms with Gasteiger partial charge in [0.25, 0.3) is 0 Å². The number of carbonyl (C=O) groups is 1. The van der Waals surface area contributed by atoms with Gasteiger partial charge in [0.1, 0.15) is 5.75 Å². The van der Waals surface area contributed by atoms with E-state index < -0.39 is 0 Å². The van der Waals surface area contributed by atoms with Crippen LogP contribution in [0.4, 0.5) is 11.4 Å². The Labute approximate surface area is 138 Å². The first kappa shape index (κ1) is 16.9. The lowest BCUT2D eigenvalue weighted by molar-refractivity contribution is -0.116. The summed E-state index contributed by atoms with van der Waals surface area (Å²) in [5.41, 5.74) is 3.14. The molecule has 4 nitrogen and oxygen atoms in total. The largest absolute Gasteiger partial charge is 0.497 e. The number of rotatable bonds is 7. The number of amides is 1. The molecule has 0 saturated heterocycles. The molecular weight excluding hydrogens is 288 g/mol. The maximum Gasteiger partial charge on any atom is 0.226 e. The molecule has 0 fully saturated rings. The van der Waals surface area contributed by atoms with Crippen LogP contribution < -0.4 is 15.0 Å². The van der Waals surface area contributed by atoms with Crippen LogP contribution in [0.15, 0.2) is 48.5 Å². The summed E-state index contributed by atoms with van der Waals surface area (Å²) in [7, 11) is 1.61. The molecule has 2 aromatic carbocycles. The van der Waals surface area contributed by atoms with E-state index in [0.717, 1.165) is 23.7 Å². The monoisotopic (exact) mass is 312 g/mol. The van der Waals surface area contributed by atoms with Gasteiger partial charge < -0.3 is 15.0 Å². The van der Waals surface area contributed by atoms with Crippen molar-refractivity contribution >= 4 is 17.3 Å². The third-order valence-electron chi connectivity index (χ3n) is 3.71. The first-order valence-corrected chi connectivity index (χ1v) is 7.88. The van der Waals surface area contributed by atoms with Gasteiger partial charge in [-0.25, -0.2) is 0 Å². The molecule has 2 rings (SSSR count). The molecule has 0 aliphatic carbocycles. The van der Waals surface area contributed by atoms with Crippen LogP contribution in [0.3, 0.4) is 0 Å². The zero-order valence-corrected chi connectivity index (χ0v) is 14.0. The number of nitrogens with zero attached hydrogens (tertiary/aromatic N) is 1. The van der Waals surface area contributed by atoms with E-state index in [1.54, 1.807) is 7.11 Å². The van der Waals surface area contributed by atoms with E-state index in [0.29, 0.717) is 13.0 Å². The maximum atomic E-state index is 12.2. The standard InChI is InChI=1S/C19H24N2O2/c1-4-21(17-9-5-7-15(2)13-17)12-11-19(22)20-16-8-6-10-18(14-16)23-3/h5-10,13-14H,4,11-12H2,1-3H3,(H,20,22). The zero-order valence-electron chi connectivity index (χ0n) is 14.0. The molecule has 0 radical (unpaired) electrons. The van der Waals surface area contributed by atoms with Crippen LogP contribution in [-0.4, -0.2) is 26.1 Å². The molecule has 0 aliphatic heterocycles. The van der Waals surface area contributed by atoms with Crippen LogP contribution in [-0.2, 0) is 4.79 Å². The van der Waals surface area contributed by atoms with Crippen molar-refractivity contribution in [1.82, 2.24) is 0 Å². The quantitative estimate of drug-likeness (QED) is 0.844. The molecule has 0 unspecified atom stereocenters. The minimum Gasteiger partial charge on any atom is -0.497 e. The normalized spacial score (nSPS) is 10.2.